The van der Waals surface area contributed by atoms with Crippen LogP contribution in [-0.2, 0) is 14.3 Å². The highest BCUT2D eigenvalue weighted by molar-refractivity contribution is 5.98. The Labute approximate surface area is 244 Å². The summed E-state index contributed by atoms with van der Waals surface area (Å²) in [6.45, 7) is 15.6. The van der Waals surface area contributed by atoms with Crippen LogP contribution < -0.4 is 20.1 Å². The van der Waals surface area contributed by atoms with Gasteiger partial charge in [0.15, 0.2) is 11.6 Å². The molecular formula is C32H49FN2O6. The quantitative estimate of drug-likeness (QED) is 0.371. The van der Waals surface area contributed by atoms with E-state index in [9.17, 15) is 14.4 Å². The summed E-state index contributed by atoms with van der Waals surface area (Å²) in [4.78, 5) is 39.2. The average Bonchev–Trinajstić information content (AvgIpc) is 3.32. The molecule has 2 saturated carbocycles. The van der Waals surface area contributed by atoms with Crippen molar-refractivity contribution < 1.29 is 33.0 Å². The van der Waals surface area contributed by atoms with Crippen LogP contribution >= 0.6 is 0 Å². The largest absolute Gasteiger partial charge is 0.496 e. The molecule has 9 heteroatoms. The van der Waals surface area contributed by atoms with Gasteiger partial charge in [0.25, 0.3) is 5.91 Å². The third-order valence-electron chi connectivity index (χ3n) is 8.55. The van der Waals surface area contributed by atoms with E-state index in [-0.39, 0.29) is 58.5 Å². The molecule has 2 aliphatic carbocycles. The Bertz CT molecular complexity index is 1110. The number of nitrogens with one attached hydrogen (secondary N) is 2. The molecule has 0 radical (unpaired) electrons. The number of halogens is 1. The number of carbonyl (C=O) groups is 3. The molecule has 1 aromatic rings. The lowest BCUT2D eigenvalue weighted by Crippen LogP contribution is -2.49. The maximum absolute atomic E-state index is 15.0. The maximum Gasteiger partial charge on any atom is 0.312 e. The number of ether oxygens (including phenoxy) is 3. The zero-order valence-electron chi connectivity index (χ0n) is 26.2. The Kier molecular flexibility index (Phi) is 10.0. The molecule has 0 saturated heterocycles. The first-order valence-electron chi connectivity index (χ1n) is 14.8. The lowest BCUT2D eigenvalue weighted by atomic mass is 9.74. The molecule has 2 aliphatic rings. The van der Waals surface area contributed by atoms with E-state index < -0.39 is 22.7 Å². The zero-order valence-corrected chi connectivity index (χ0v) is 26.2. The molecule has 0 heterocycles. The van der Waals surface area contributed by atoms with Crippen LogP contribution in [0.4, 0.5) is 4.39 Å². The summed E-state index contributed by atoms with van der Waals surface area (Å²) >= 11 is 0. The molecule has 2 fully saturated rings. The second kappa shape index (κ2) is 12.6. The molecule has 0 spiro atoms. The third-order valence-corrected chi connectivity index (χ3v) is 8.55. The SMILES string of the molecule is COc1cc(F)c(O[C@H]2CC[C@@](C)(C(=O)OC(C)(C)C)CC2)cc1C(=O)N[C@@H]1CCC[C@@H]1C(=O)N[C@H](C)C(C)(C)C. The Morgan fingerprint density at radius 1 is 1.00 bits per heavy atom. The third kappa shape index (κ3) is 8.35. The number of hydrogen-bond donors (Lipinski definition) is 2. The van der Waals surface area contributed by atoms with E-state index in [2.05, 4.69) is 31.4 Å². The summed E-state index contributed by atoms with van der Waals surface area (Å²) in [5, 5.41) is 6.10. The minimum absolute atomic E-state index is 0.0226. The van der Waals surface area contributed by atoms with Gasteiger partial charge < -0.3 is 24.8 Å². The molecule has 0 unspecified atom stereocenters. The molecule has 8 nitrogen and oxygen atoms in total. The number of esters is 1. The van der Waals surface area contributed by atoms with Gasteiger partial charge in [-0.1, -0.05) is 27.2 Å². The summed E-state index contributed by atoms with van der Waals surface area (Å²) in [6, 6.07) is 2.17. The summed E-state index contributed by atoms with van der Waals surface area (Å²) in [5.41, 5.74) is -1.13. The minimum atomic E-state index is -0.631. The van der Waals surface area contributed by atoms with Crippen molar-refractivity contribution in [2.75, 3.05) is 7.11 Å². The van der Waals surface area contributed by atoms with Gasteiger partial charge in [-0.3, -0.25) is 14.4 Å². The van der Waals surface area contributed by atoms with Crippen LogP contribution in [0.3, 0.4) is 0 Å². The van der Waals surface area contributed by atoms with Crippen molar-refractivity contribution >= 4 is 17.8 Å². The highest BCUT2D eigenvalue weighted by Gasteiger charge is 2.41. The monoisotopic (exact) mass is 576 g/mol. The first-order valence-corrected chi connectivity index (χ1v) is 14.8. The van der Waals surface area contributed by atoms with Crippen molar-refractivity contribution in [3.8, 4) is 11.5 Å². The molecule has 0 bridgehead atoms. The van der Waals surface area contributed by atoms with E-state index in [1.54, 1.807) is 0 Å². The second-order valence-electron chi connectivity index (χ2n) is 14.1. The van der Waals surface area contributed by atoms with Crippen molar-refractivity contribution in [3.63, 3.8) is 0 Å². The van der Waals surface area contributed by atoms with Crippen LogP contribution in [-0.4, -0.2) is 48.7 Å². The van der Waals surface area contributed by atoms with E-state index in [1.165, 1.54) is 13.2 Å². The average molecular weight is 577 g/mol. The van der Waals surface area contributed by atoms with Gasteiger partial charge >= 0.3 is 5.97 Å². The normalized spacial score (nSPS) is 25.7. The topological polar surface area (TPSA) is 103 Å². The van der Waals surface area contributed by atoms with E-state index in [4.69, 9.17) is 14.2 Å². The Morgan fingerprint density at radius 2 is 1.63 bits per heavy atom. The van der Waals surface area contributed by atoms with Crippen LogP contribution in [0.1, 0.15) is 111 Å². The van der Waals surface area contributed by atoms with Gasteiger partial charge in [-0.05, 0) is 84.6 Å². The first-order chi connectivity index (χ1) is 18.9. The van der Waals surface area contributed by atoms with Crippen LogP contribution in [0, 0.1) is 22.6 Å². The Balaban J connectivity index is 1.69. The number of methoxy groups -OCH3 is 1. The highest BCUT2D eigenvalue weighted by Crippen LogP contribution is 2.40. The Hall–Kier alpha value is -2.84. The fraction of sp³-hybridized carbons (Fsp3) is 0.719. The van der Waals surface area contributed by atoms with Crippen molar-refractivity contribution in [1.82, 2.24) is 10.6 Å². The summed E-state index contributed by atoms with van der Waals surface area (Å²) in [5.74, 6) is -1.66. The predicted octanol–water partition coefficient (Wildman–Crippen LogP) is 5.95. The van der Waals surface area contributed by atoms with E-state index in [1.807, 2.05) is 34.6 Å². The molecular weight excluding hydrogens is 527 g/mol. The van der Waals surface area contributed by atoms with Gasteiger partial charge in [0, 0.05) is 18.2 Å². The van der Waals surface area contributed by atoms with E-state index in [0.29, 0.717) is 38.5 Å². The fourth-order valence-electron chi connectivity index (χ4n) is 5.33. The van der Waals surface area contributed by atoms with Crippen molar-refractivity contribution in [2.45, 2.75) is 124 Å². The van der Waals surface area contributed by atoms with Crippen LogP contribution in [0.2, 0.25) is 0 Å². The molecule has 2 N–H and O–H groups in total. The lowest BCUT2D eigenvalue weighted by molar-refractivity contribution is -0.169. The highest BCUT2D eigenvalue weighted by atomic mass is 19.1. The van der Waals surface area contributed by atoms with E-state index >= 15 is 4.39 Å². The molecule has 3 atom stereocenters. The maximum atomic E-state index is 15.0. The summed E-state index contributed by atoms with van der Waals surface area (Å²) in [6.07, 6.45) is 4.09. The Morgan fingerprint density at radius 3 is 2.20 bits per heavy atom. The predicted molar refractivity (Wildman–Crippen MR) is 155 cm³/mol. The fourth-order valence-corrected chi connectivity index (χ4v) is 5.33. The number of rotatable bonds is 8. The molecule has 0 aromatic heterocycles. The van der Waals surface area contributed by atoms with E-state index in [0.717, 1.165) is 12.5 Å². The van der Waals surface area contributed by atoms with Gasteiger partial charge in [0.05, 0.1) is 30.1 Å². The van der Waals surface area contributed by atoms with Crippen LogP contribution in [0.25, 0.3) is 0 Å². The van der Waals surface area contributed by atoms with Gasteiger partial charge in [-0.2, -0.15) is 0 Å². The summed E-state index contributed by atoms with van der Waals surface area (Å²) in [7, 11) is 1.38. The molecule has 3 rings (SSSR count). The zero-order chi connectivity index (χ0) is 30.8. The van der Waals surface area contributed by atoms with Crippen molar-refractivity contribution in [1.29, 1.82) is 0 Å². The van der Waals surface area contributed by atoms with Gasteiger partial charge in [-0.15, -0.1) is 0 Å². The van der Waals surface area contributed by atoms with Crippen LogP contribution in [0.15, 0.2) is 12.1 Å². The van der Waals surface area contributed by atoms with Gasteiger partial charge in [-0.25, -0.2) is 4.39 Å². The lowest BCUT2D eigenvalue weighted by Gasteiger charge is -2.37. The minimum Gasteiger partial charge on any atom is -0.496 e. The first kappa shape index (κ1) is 32.7. The van der Waals surface area contributed by atoms with Crippen molar-refractivity contribution in [2.24, 2.45) is 16.7 Å². The van der Waals surface area contributed by atoms with Crippen LogP contribution in [0.5, 0.6) is 11.5 Å². The number of amides is 2. The van der Waals surface area contributed by atoms with Crippen molar-refractivity contribution in [3.05, 3.63) is 23.5 Å². The molecule has 41 heavy (non-hydrogen) atoms. The van der Waals surface area contributed by atoms with Gasteiger partial charge in [0.2, 0.25) is 5.91 Å². The molecule has 2 amide bonds. The second-order valence-corrected chi connectivity index (χ2v) is 14.1. The molecule has 230 valence electrons. The number of carbonyl (C=O) groups excluding carboxylic acids is 3. The molecule has 0 aliphatic heterocycles. The van der Waals surface area contributed by atoms with Gasteiger partial charge in [0.1, 0.15) is 11.4 Å². The summed E-state index contributed by atoms with van der Waals surface area (Å²) < 4.78 is 32.0. The standard InChI is InChI=1S/C32H49FN2O6/c1-19(30(2,3)4)34-27(36)21-11-10-12-24(21)35-28(37)22-17-26(23(33)18-25(22)39-9)40-20-13-15-32(8,16-14-20)29(38)41-31(5,6)7/h17-21,24H,10-16H2,1-9H3,(H,34,36)(H,35,37)/t19-,20-,21+,24-,32+/m1/s1. The number of hydrogen-bond acceptors (Lipinski definition) is 6. The smallest absolute Gasteiger partial charge is 0.312 e. The molecule has 1 aromatic carbocycles. The number of benzene rings is 1.